The first-order valence-electron chi connectivity index (χ1n) is 7.29. The molecule has 2 rings (SSSR count). The Kier molecular flexibility index (Phi) is 7.53. The molecule has 1 aromatic rings. The molecule has 1 aliphatic rings. The molecule has 19 heavy (non-hydrogen) atoms. The van der Waals surface area contributed by atoms with E-state index in [1.54, 1.807) is 0 Å². The van der Waals surface area contributed by atoms with Gasteiger partial charge in [0.2, 0.25) is 0 Å². The summed E-state index contributed by atoms with van der Waals surface area (Å²) in [5.41, 5.74) is 0. The van der Waals surface area contributed by atoms with Gasteiger partial charge in [0.25, 0.3) is 0 Å². The van der Waals surface area contributed by atoms with E-state index < -0.39 is 0 Å². The molecule has 1 saturated heterocycles. The first kappa shape index (κ1) is 16.0. The van der Waals surface area contributed by atoms with Crippen LogP contribution in [0.1, 0.15) is 27.7 Å². The number of para-hydroxylation sites is 1. The molecule has 1 heterocycles. The second-order valence-electron chi connectivity index (χ2n) is 4.71. The minimum atomic E-state index is 0.186. The summed E-state index contributed by atoms with van der Waals surface area (Å²) in [5.74, 6) is 0.915. The summed E-state index contributed by atoms with van der Waals surface area (Å²) in [5, 5.41) is 0. The van der Waals surface area contributed by atoms with Crippen molar-refractivity contribution >= 4 is 0 Å². The van der Waals surface area contributed by atoms with Crippen LogP contribution in [0.2, 0.25) is 0 Å². The predicted octanol–water partition coefficient (Wildman–Crippen LogP) is 3.20. The second-order valence-corrected chi connectivity index (χ2v) is 4.71. The fraction of sp³-hybridized carbons (Fsp3) is 0.625. The van der Waals surface area contributed by atoms with E-state index in [0.29, 0.717) is 12.6 Å². The van der Waals surface area contributed by atoms with Crippen molar-refractivity contribution in [1.29, 1.82) is 0 Å². The lowest BCUT2D eigenvalue weighted by Crippen LogP contribution is -2.47. The Bertz CT molecular complexity index is 327. The summed E-state index contributed by atoms with van der Waals surface area (Å²) in [6.07, 6.45) is 0.186. The maximum absolute atomic E-state index is 5.72. The highest BCUT2D eigenvalue weighted by atomic mass is 16.5. The van der Waals surface area contributed by atoms with Crippen LogP contribution >= 0.6 is 0 Å². The highest BCUT2D eigenvalue weighted by Crippen LogP contribution is 2.12. The van der Waals surface area contributed by atoms with Gasteiger partial charge in [0.1, 0.15) is 18.5 Å². The Hall–Kier alpha value is -1.06. The highest BCUT2D eigenvalue weighted by Gasteiger charge is 2.22. The average molecular weight is 265 g/mol. The summed E-state index contributed by atoms with van der Waals surface area (Å²) in [6.45, 7) is 11.9. The van der Waals surface area contributed by atoms with Gasteiger partial charge in [0.15, 0.2) is 0 Å². The maximum atomic E-state index is 5.72. The third-order valence-corrected chi connectivity index (χ3v) is 3.08. The molecular weight excluding hydrogens is 238 g/mol. The van der Waals surface area contributed by atoms with Crippen molar-refractivity contribution < 1.29 is 9.47 Å². The molecule has 0 radical (unpaired) electrons. The molecule has 0 spiro atoms. The van der Waals surface area contributed by atoms with Crippen molar-refractivity contribution in [3.05, 3.63) is 30.3 Å². The Balaban J connectivity index is 0.000000861. The van der Waals surface area contributed by atoms with Crippen molar-refractivity contribution in [2.75, 3.05) is 26.3 Å². The first-order chi connectivity index (χ1) is 9.25. The van der Waals surface area contributed by atoms with Crippen LogP contribution in [-0.4, -0.2) is 43.3 Å². The van der Waals surface area contributed by atoms with Crippen molar-refractivity contribution in [3.63, 3.8) is 0 Å². The van der Waals surface area contributed by atoms with E-state index in [-0.39, 0.29) is 6.10 Å². The van der Waals surface area contributed by atoms with Gasteiger partial charge in [0, 0.05) is 19.1 Å². The molecule has 1 aromatic carbocycles. The molecule has 0 saturated carbocycles. The van der Waals surface area contributed by atoms with Crippen LogP contribution in [0.5, 0.6) is 5.75 Å². The maximum Gasteiger partial charge on any atom is 0.119 e. The van der Waals surface area contributed by atoms with Gasteiger partial charge in [-0.15, -0.1) is 0 Å². The van der Waals surface area contributed by atoms with E-state index in [9.17, 15) is 0 Å². The van der Waals surface area contributed by atoms with E-state index in [2.05, 4.69) is 18.7 Å². The Morgan fingerprint density at radius 1 is 1.26 bits per heavy atom. The van der Waals surface area contributed by atoms with Gasteiger partial charge < -0.3 is 9.47 Å². The minimum absolute atomic E-state index is 0.186. The van der Waals surface area contributed by atoms with Crippen LogP contribution in [0.15, 0.2) is 30.3 Å². The summed E-state index contributed by atoms with van der Waals surface area (Å²) in [7, 11) is 0. The van der Waals surface area contributed by atoms with Crippen molar-refractivity contribution in [2.45, 2.75) is 39.8 Å². The van der Waals surface area contributed by atoms with E-state index in [1.165, 1.54) is 0 Å². The van der Waals surface area contributed by atoms with Crippen LogP contribution in [0.3, 0.4) is 0 Å². The largest absolute Gasteiger partial charge is 0.491 e. The standard InChI is InChI=1S/C14H21NO2.C2H6/c1-12(2)15-8-9-16-14(10-15)11-17-13-6-4-3-5-7-13;1-2/h3-7,12,14H,8-11H2,1-2H3;1-2H3. The third kappa shape index (κ3) is 5.62. The fourth-order valence-corrected chi connectivity index (χ4v) is 2.02. The summed E-state index contributed by atoms with van der Waals surface area (Å²) >= 11 is 0. The molecule has 108 valence electrons. The van der Waals surface area contributed by atoms with Crippen LogP contribution in [0.25, 0.3) is 0 Å². The number of benzene rings is 1. The number of morpholine rings is 1. The molecule has 1 atom stereocenters. The summed E-state index contributed by atoms with van der Waals surface area (Å²) in [4.78, 5) is 2.43. The van der Waals surface area contributed by atoms with E-state index in [1.807, 2.05) is 44.2 Å². The number of ether oxygens (including phenoxy) is 2. The number of hydrogen-bond donors (Lipinski definition) is 0. The van der Waals surface area contributed by atoms with Gasteiger partial charge in [-0.25, -0.2) is 0 Å². The summed E-state index contributed by atoms with van der Waals surface area (Å²) in [6, 6.07) is 10.5. The Morgan fingerprint density at radius 2 is 1.95 bits per heavy atom. The van der Waals surface area contributed by atoms with Gasteiger partial charge in [0.05, 0.1) is 6.61 Å². The van der Waals surface area contributed by atoms with Gasteiger partial charge in [-0.3, -0.25) is 4.90 Å². The lowest BCUT2D eigenvalue weighted by atomic mass is 10.2. The number of hydrogen-bond acceptors (Lipinski definition) is 3. The second kappa shape index (κ2) is 8.94. The Labute approximate surface area is 117 Å². The van der Waals surface area contributed by atoms with E-state index in [4.69, 9.17) is 9.47 Å². The molecule has 0 amide bonds. The highest BCUT2D eigenvalue weighted by molar-refractivity contribution is 5.20. The molecule has 3 nitrogen and oxygen atoms in total. The molecule has 1 unspecified atom stereocenters. The zero-order valence-corrected chi connectivity index (χ0v) is 12.6. The lowest BCUT2D eigenvalue weighted by molar-refractivity contribution is -0.0564. The number of nitrogens with zero attached hydrogens (tertiary/aromatic N) is 1. The van der Waals surface area contributed by atoms with Crippen LogP contribution < -0.4 is 4.74 Å². The molecule has 0 aliphatic carbocycles. The molecule has 3 heteroatoms. The van der Waals surface area contributed by atoms with Crippen LogP contribution in [0.4, 0.5) is 0 Å². The Morgan fingerprint density at radius 3 is 2.58 bits per heavy atom. The molecular formula is C16H27NO2. The average Bonchev–Trinajstić information content (AvgIpc) is 2.48. The van der Waals surface area contributed by atoms with Gasteiger partial charge >= 0.3 is 0 Å². The zero-order valence-electron chi connectivity index (χ0n) is 12.6. The third-order valence-electron chi connectivity index (χ3n) is 3.08. The van der Waals surface area contributed by atoms with Crippen molar-refractivity contribution in [3.8, 4) is 5.75 Å². The van der Waals surface area contributed by atoms with Crippen LogP contribution in [0, 0.1) is 0 Å². The molecule has 0 aromatic heterocycles. The smallest absolute Gasteiger partial charge is 0.119 e. The summed E-state index contributed by atoms with van der Waals surface area (Å²) < 4.78 is 11.4. The SMILES string of the molecule is CC.CC(C)N1CCOC(COc2ccccc2)C1. The van der Waals surface area contributed by atoms with E-state index >= 15 is 0 Å². The van der Waals surface area contributed by atoms with Gasteiger partial charge in [-0.2, -0.15) is 0 Å². The monoisotopic (exact) mass is 265 g/mol. The quantitative estimate of drug-likeness (QED) is 0.834. The van der Waals surface area contributed by atoms with Gasteiger partial charge in [-0.05, 0) is 26.0 Å². The molecule has 0 bridgehead atoms. The molecule has 0 N–H and O–H groups in total. The predicted molar refractivity (Wildman–Crippen MR) is 79.7 cm³/mol. The normalized spacial score (nSPS) is 19.7. The number of rotatable bonds is 4. The topological polar surface area (TPSA) is 21.7 Å². The van der Waals surface area contributed by atoms with Crippen LogP contribution in [-0.2, 0) is 4.74 Å². The van der Waals surface area contributed by atoms with E-state index in [0.717, 1.165) is 25.4 Å². The fourth-order valence-electron chi connectivity index (χ4n) is 2.02. The zero-order chi connectivity index (χ0) is 14.1. The molecule has 1 fully saturated rings. The first-order valence-corrected chi connectivity index (χ1v) is 7.29. The van der Waals surface area contributed by atoms with Gasteiger partial charge in [-0.1, -0.05) is 32.0 Å². The molecule has 1 aliphatic heterocycles. The van der Waals surface area contributed by atoms with Crippen molar-refractivity contribution in [1.82, 2.24) is 4.90 Å². The minimum Gasteiger partial charge on any atom is -0.491 e. The lowest BCUT2D eigenvalue weighted by Gasteiger charge is -2.35. The van der Waals surface area contributed by atoms with Crippen molar-refractivity contribution in [2.24, 2.45) is 0 Å².